The number of fused-ring (bicyclic) bond motifs is 2. The molecule has 0 aliphatic carbocycles. The first-order chi connectivity index (χ1) is 15.5. The van der Waals surface area contributed by atoms with Crippen LogP contribution in [-0.2, 0) is 16.6 Å². The Morgan fingerprint density at radius 3 is 2.59 bits per heavy atom. The first-order valence-electron chi connectivity index (χ1n) is 9.98. The molecule has 32 heavy (non-hydrogen) atoms. The second kappa shape index (κ2) is 8.01. The number of hydrogen-bond donors (Lipinski definition) is 0. The SMILES string of the molecule is C=Cc1ccc(CN(c2ccc3c(c2)OCCO3)S(=O)(=O)c2ccc3nncn3c2)cc1. The molecule has 0 radical (unpaired) electrons. The number of sulfonamides is 1. The quantitative estimate of drug-likeness (QED) is 0.449. The Hall–Kier alpha value is -3.85. The van der Waals surface area contributed by atoms with Gasteiger partial charge >= 0.3 is 0 Å². The molecule has 0 saturated carbocycles. The minimum absolute atomic E-state index is 0.127. The summed E-state index contributed by atoms with van der Waals surface area (Å²) in [5.41, 5.74) is 2.83. The molecule has 0 saturated heterocycles. The molecule has 0 unspecified atom stereocenters. The summed E-state index contributed by atoms with van der Waals surface area (Å²) in [6.07, 6.45) is 4.72. The van der Waals surface area contributed by atoms with Crippen LogP contribution in [0, 0.1) is 0 Å². The highest BCUT2D eigenvalue weighted by Crippen LogP contribution is 2.36. The second-order valence-electron chi connectivity index (χ2n) is 7.25. The summed E-state index contributed by atoms with van der Waals surface area (Å²) < 4.78 is 41.8. The lowest BCUT2D eigenvalue weighted by atomic mass is 10.1. The van der Waals surface area contributed by atoms with Crippen molar-refractivity contribution in [1.82, 2.24) is 14.6 Å². The van der Waals surface area contributed by atoms with Gasteiger partial charge in [0.05, 0.1) is 12.2 Å². The molecule has 2 aromatic heterocycles. The number of pyridine rings is 1. The average molecular weight is 449 g/mol. The molecule has 0 fully saturated rings. The van der Waals surface area contributed by atoms with Gasteiger partial charge < -0.3 is 9.47 Å². The average Bonchev–Trinajstić information content (AvgIpc) is 3.30. The fourth-order valence-corrected chi connectivity index (χ4v) is 4.97. The van der Waals surface area contributed by atoms with E-state index in [-0.39, 0.29) is 11.4 Å². The monoisotopic (exact) mass is 448 g/mol. The van der Waals surface area contributed by atoms with Gasteiger partial charge in [-0.3, -0.25) is 8.71 Å². The maximum atomic E-state index is 13.8. The molecule has 5 rings (SSSR count). The van der Waals surface area contributed by atoms with Crippen LogP contribution in [0.3, 0.4) is 0 Å². The third-order valence-corrected chi connectivity index (χ3v) is 6.96. The lowest BCUT2D eigenvalue weighted by Crippen LogP contribution is -2.31. The van der Waals surface area contributed by atoms with Crippen LogP contribution in [0.15, 0.2) is 78.6 Å². The topological polar surface area (TPSA) is 86.0 Å². The molecule has 2 aromatic carbocycles. The number of anilines is 1. The Morgan fingerprint density at radius 1 is 1.03 bits per heavy atom. The third kappa shape index (κ3) is 3.67. The van der Waals surface area contributed by atoms with E-state index in [1.165, 1.54) is 22.9 Å². The van der Waals surface area contributed by atoms with E-state index in [0.29, 0.717) is 36.0 Å². The molecule has 0 atom stereocenters. The predicted octanol–water partition coefficient (Wildman–Crippen LogP) is 3.54. The van der Waals surface area contributed by atoms with Crippen molar-refractivity contribution < 1.29 is 17.9 Å². The highest BCUT2D eigenvalue weighted by Gasteiger charge is 2.27. The highest BCUT2D eigenvalue weighted by molar-refractivity contribution is 7.92. The summed E-state index contributed by atoms with van der Waals surface area (Å²) in [4.78, 5) is 0.127. The highest BCUT2D eigenvalue weighted by atomic mass is 32.2. The molecule has 4 aromatic rings. The molecular weight excluding hydrogens is 428 g/mol. The van der Waals surface area contributed by atoms with Gasteiger partial charge in [0.2, 0.25) is 0 Å². The summed E-state index contributed by atoms with van der Waals surface area (Å²) in [5, 5.41) is 7.77. The van der Waals surface area contributed by atoms with Crippen LogP contribution in [-0.4, -0.2) is 36.2 Å². The van der Waals surface area contributed by atoms with Gasteiger partial charge in [-0.2, -0.15) is 0 Å². The molecule has 0 N–H and O–H groups in total. The largest absolute Gasteiger partial charge is 0.486 e. The molecule has 8 nitrogen and oxygen atoms in total. The van der Waals surface area contributed by atoms with Crippen molar-refractivity contribution in [2.45, 2.75) is 11.4 Å². The molecule has 9 heteroatoms. The molecular formula is C23H20N4O4S. The van der Waals surface area contributed by atoms with Crippen LogP contribution in [0.2, 0.25) is 0 Å². The Morgan fingerprint density at radius 2 is 1.81 bits per heavy atom. The molecule has 0 spiro atoms. The van der Waals surface area contributed by atoms with Gasteiger partial charge in [0, 0.05) is 12.3 Å². The lowest BCUT2D eigenvalue weighted by Gasteiger charge is -2.27. The summed E-state index contributed by atoms with van der Waals surface area (Å²) in [6.45, 7) is 4.78. The number of benzene rings is 2. The van der Waals surface area contributed by atoms with Gasteiger partial charge in [-0.05, 0) is 35.4 Å². The molecule has 0 bridgehead atoms. The summed E-state index contributed by atoms with van der Waals surface area (Å²) in [7, 11) is -3.92. The molecule has 3 heterocycles. The number of hydrogen-bond acceptors (Lipinski definition) is 6. The summed E-state index contributed by atoms with van der Waals surface area (Å²) in [6, 6.07) is 15.9. The van der Waals surface area contributed by atoms with Gasteiger partial charge in [-0.15, -0.1) is 10.2 Å². The van der Waals surface area contributed by atoms with E-state index in [9.17, 15) is 8.42 Å². The Labute approximate surface area is 185 Å². The van der Waals surface area contributed by atoms with Gasteiger partial charge in [0.1, 0.15) is 24.4 Å². The normalized spacial score (nSPS) is 13.1. The van der Waals surface area contributed by atoms with Crippen LogP contribution in [0.25, 0.3) is 11.7 Å². The van der Waals surface area contributed by atoms with Crippen molar-refractivity contribution in [2.75, 3.05) is 17.5 Å². The summed E-state index contributed by atoms with van der Waals surface area (Å²) in [5.74, 6) is 1.11. The number of aromatic nitrogens is 3. The summed E-state index contributed by atoms with van der Waals surface area (Å²) >= 11 is 0. The van der Waals surface area contributed by atoms with Gasteiger partial charge in [0.25, 0.3) is 10.0 Å². The van der Waals surface area contributed by atoms with E-state index in [0.717, 1.165) is 11.1 Å². The van der Waals surface area contributed by atoms with E-state index in [4.69, 9.17) is 9.47 Å². The van der Waals surface area contributed by atoms with Crippen molar-refractivity contribution in [3.8, 4) is 11.5 Å². The molecule has 1 aliphatic rings. The third-order valence-electron chi connectivity index (χ3n) is 5.21. The van der Waals surface area contributed by atoms with Crippen LogP contribution in [0.4, 0.5) is 5.69 Å². The maximum absolute atomic E-state index is 13.8. The molecule has 162 valence electrons. The van der Waals surface area contributed by atoms with Crippen molar-refractivity contribution >= 4 is 27.4 Å². The first-order valence-corrected chi connectivity index (χ1v) is 11.4. The van der Waals surface area contributed by atoms with Gasteiger partial charge in [-0.25, -0.2) is 8.42 Å². The fourth-order valence-electron chi connectivity index (χ4n) is 3.51. The standard InChI is InChI=1S/C23H20N4O4S/c1-2-17-3-5-18(6-4-17)14-27(19-7-9-21-22(13-19)31-12-11-30-21)32(28,29)20-8-10-23-25-24-16-26(23)15-20/h2-10,13,15-16H,1,11-12,14H2. The second-order valence-corrected chi connectivity index (χ2v) is 9.11. The minimum Gasteiger partial charge on any atom is -0.486 e. The van der Waals surface area contributed by atoms with Crippen LogP contribution >= 0.6 is 0 Å². The van der Waals surface area contributed by atoms with Crippen molar-refractivity contribution in [1.29, 1.82) is 0 Å². The van der Waals surface area contributed by atoms with E-state index >= 15 is 0 Å². The van der Waals surface area contributed by atoms with Crippen molar-refractivity contribution in [2.24, 2.45) is 0 Å². The number of ether oxygens (including phenoxy) is 2. The van der Waals surface area contributed by atoms with E-state index in [2.05, 4.69) is 16.8 Å². The lowest BCUT2D eigenvalue weighted by molar-refractivity contribution is 0.171. The van der Waals surface area contributed by atoms with Crippen molar-refractivity contribution in [3.05, 3.63) is 84.8 Å². The minimum atomic E-state index is -3.92. The van der Waals surface area contributed by atoms with E-state index in [1.54, 1.807) is 34.7 Å². The van der Waals surface area contributed by atoms with Crippen molar-refractivity contribution in [3.63, 3.8) is 0 Å². The zero-order valence-electron chi connectivity index (χ0n) is 17.1. The maximum Gasteiger partial charge on any atom is 0.266 e. The van der Waals surface area contributed by atoms with Crippen LogP contribution in [0.1, 0.15) is 11.1 Å². The van der Waals surface area contributed by atoms with Crippen LogP contribution in [0.5, 0.6) is 11.5 Å². The first kappa shape index (κ1) is 20.1. The number of nitrogens with zero attached hydrogens (tertiary/aromatic N) is 4. The smallest absolute Gasteiger partial charge is 0.266 e. The Balaban J connectivity index is 1.59. The van der Waals surface area contributed by atoms with E-state index in [1.807, 2.05) is 24.3 Å². The van der Waals surface area contributed by atoms with E-state index < -0.39 is 10.0 Å². The molecule has 1 aliphatic heterocycles. The zero-order chi connectivity index (χ0) is 22.1. The van der Waals surface area contributed by atoms with Gasteiger partial charge in [-0.1, -0.05) is 36.9 Å². The Bertz CT molecular complexity index is 1400. The van der Waals surface area contributed by atoms with Gasteiger partial charge in [0.15, 0.2) is 17.1 Å². The van der Waals surface area contributed by atoms with Crippen LogP contribution < -0.4 is 13.8 Å². The fraction of sp³-hybridized carbons (Fsp3) is 0.130. The zero-order valence-corrected chi connectivity index (χ0v) is 17.9. The Kier molecular flexibility index (Phi) is 5.02. The molecule has 0 amide bonds. The number of rotatable bonds is 6. The predicted molar refractivity (Wildman–Crippen MR) is 120 cm³/mol.